The highest BCUT2D eigenvalue weighted by Crippen LogP contribution is 2.40. The number of benzene rings is 3. The number of nitrogens with zero attached hydrogens (tertiary/aromatic N) is 2. The number of nitro benzene ring substituents is 1. The number of carbonyl (C=O) groups excluding carboxylic acids is 2. The molecule has 0 spiro atoms. The van der Waals surface area contributed by atoms with Crippen molar-refractivity contribution in [3.05, 3.63) is 102 Å². The number of hydrogen-bond acceptors (Lipinski definition) is 7. The summed E-state index contributed by atoms with van der Waals surface area (Å²) >= 11 is 10.2. The van der Waals surface area contributed by atoms with Gasteiger partial charge in [-0.1, -0.05) is 35.9 Å². The lowest BCUT2D eigenvalue weighted by Crippen LogP contribution is -2.27. The van der Waals surface area contributed by atoms with Gasteiger partial charge in [0.1, 0.15) is 6.61 Å². The molecule has 0 unspecified atom stereocenters. The van der Waals surface area contributed by atoms with Crippen LogP contribution < -0.4 is 9.47 Å². The smallest absolute Gasteiger partial charge is 0.293 e. The molecule has 184 valence electrons. The minimum absolute atomic E-state index is 0.0255. The first-order valence-corrected chi connectivity index (χ1v) is 12.5. The number of halogens is 2. The summed E-state index contributed by atoms with van der Waals surface area (Å²) in [6.07, 6.45) is 1.62. The van der Waals surface area contributed by atoms with Crippen molar-refractivity contribution >= 4 is 62.2 Å². The lowest BCUT2D eigenvalue weighted by atomic mass is 10.1. The Morgan fingerprint density at radius 3 is 2.56 bits per heavy atom. The van der Waals surface area contributed by atoms with E-state index in [2.05, 4.69) is 15.9 Å². The van der Waals surface area contributed by atoms with E-state index in [1.54, 1.807) is 54.6 Å². The number of thioether (sulfide) groups is 1. The van der Waals surface area contributed by atoms with Gasteiger partial charge in [0.15, 0.2) is 11.5 Å². The highest BCUT2D eigenvalue weighted by molar-refractivity contribution is 9.10. The molecule has 1 saturated heterocycles. The topological polar surface area (TPSA) is 99.0 Å². The molecule has 0 atom stereocenters. The predicted molar refractivity (Wildman–Crippen MR) is 141 cm³/mol. The van der Waals surface area contributed by atoms with Gasteiger partial charge in [0.05, 0.1) is 28.0 Å². The van der Waals surface area contributed by atoms with Crippen LogP contribution in [-0.2, 0) is 17.9 Å². The van der Waals surface area contributed by atoms with Crippen molar-refractivity contribution < 1.29 is 24.0 Å². The van der Waals surface area contributed by atoms with E-state index < -0.39 is 4.92 Å². The second kappa shape index (κ2) is 11.2. The largest absolute Gasteiger partial charge is 0.493 e. The number of non-ortho nitro benzene ring substituents is 1. The fourth-order valence-corrected chi connectivity index (χ4v) is 4.98. The Balaban J connectivity index is 1.52. The molecule has 0 N–H and O–H groups in total. The molecule has 1 aliphatic heterocycles. The number of imide groups is 1. The zero-order valence-electron chi connectivity index (χ0n) is 18.8. The SMILES string of the molecule is COc1cc(/C=C2/SC(=O)N(Cc3ccc(Cl)cc3)C2=O)cc(Br)c1OCc1cccc([N+](=O)[O-])c1. The van der Waals surface area contributed by atoms with Crippen LogP contribution in [0.2, 0.25) is 5.02 Å². The van der Waals surface area contributed by atoms with Crippen LogP contribution in [-0.4, -0.2) is 28.1 Å². The van der Waals surface area contributed by atoms with Crippen molar-refractivity contribution in [1.82, 2.24) is 4.90 Å². The van der Waals surface area contributed by atoms with Crippen LogP contribution in [0.15, 0.2) is 70.0 Å². The number of methoxy groups -OCH3 is 1. The molecule has 4 rings (SSSR count). The zero-order valence-corrected chi connectivity index (χ0v) is 21.9. The van der Waals surface area contributed by atoms with Gasteiger partial charge in [0, 0.05) is 17.2 Å². The van der Waals surface area contributed by atoms with Gasteiger partial charge >= 0.3 is 0 Å². The summed E-state index contributed by atoms with van der Waals surface area (Å²) in [6, 6.07) is 16.5. The summed E-state index contributed by atoms with van der Waals surface area (Å²) < 4.78 is 11.9. The number of hydrogen-bond donors (Lipinski definition) is 0. The Morgan fingerprint density at radius 2 is 1.86 bits per heavy atom. The predicted octanol–water partition coefficient (Wildman–Crippen LogP) is 6.83. The Labute approximate surface area is 224 Å². The van der Waals surface area contributed by atoms with Crippen LogP contribution in [0.25, 0.3) is 6.08 Å². The van der Waals surface area contributed by atoms with Crippen molar-refractivity contribution in [3.8, 4) is 11.5 Å². The summed E-state index contributed by atoms with van der Waals surface area (Å²) in [7, 11) is 1.48. The van der Waals surface area contributed by atoms with Crippen molar-refractivity contribution in [2.45, 2.75) is 13.2 Å². The molecule has 0 radical (unpaired) electrons. The molecule has 11 heteroatoms. The Kier molecular flexibility index (Phi) is 7.97. The molecule has 1 fully saturated rings. The minimum atomic E-state index is -0.466. The van der Waals surface area contributed by atoms with Gasteiger partial charge in [-0.05, 0) is 74.7 Å². The van der Waals surface area contributed by atoms with Crippen LogP contribution in [0.5, 0.6) is 11.5 Å². The quantitative estimate of drug-likeness (QED) is 0.161. The number of amides is 2. The number of carbonyl (C=O) groups is 2. The normalized spacial score (nSPS) is 14.4. The molecule has 3 aromatic carbocycles. The third-order valence-electron chi connectivity index (χ3n) is 5.18. The van der Waals surface area contributed by atoms with E-state index in [1.165, 1.54) is 24.1 Å². The van der Waals surface area contributed by atoms with Crippen LogP contribution in [0.4, 0.5) is 10.5 Å². The average molecular weight is 590 g/mol. The zero-order chi connectivity index (χ0) is 25.8. The van der Waals surface area contributed by atoms with E-state index in [1.807, 2.05) is 0 Å². The Morgan fingerprint density at radius 1 is 1.11 bits per heavy atom. The van der Waals surface area contributed by atoms with E-state index >= 15 is 0 Å². The fourth-order valence-electron chi connectivity index (χ4n) is 3.44. The van der Waals surface area contributed by atoms with Crippen molar-refractivity contribution in [3.63, 3.8) is 0 Å². The third kappa shape index (κ3) is 5.89. The molecule has 2 amide bonds. The average Bonchev–Trinajstić information content (AvgIpc) is 3.11. The van der Waals surface area contributed by atoms with Gasteiger partial charge in [-0.25, -0.2) is 0 Å². The van der Waals surface area contributed by atoms with Crippen molar-refractivity contribution in [1.29, 1.82) is 0 Å². The number of nitro groups is 1. The first kappa shape index (κ1) is 25.7. The van der Waals surface area contributed by atoms with E-state index in [-0.39, 0.29) is 34.9 Å². The Hall–Kier alpha value is -3.34. The third-order valence-corrected chi connectivity index (χ3v) is 6.93. The summed E-state index contributed by atoms with van der Waals surface area (Å²) in [5.74, 6) is 0.402. The van der Waals surface area contributed by atoms with Gasteiger partial charge in [-0.15, -0.1) is 0 Å². The lowest BCUT2D eigenvalue weighted by Gasteiger charge is -2.14. The maximum Gasteiger partial charge on any atom is 0.293 e. The van der Waals surface area contributed by atoms with Gasteiger partial charge in [-0.2, -0.15) is 0 Å². The molecular formula is C25H18BrClN2O6S. The molecule has 0 aliphatic carbocycles. The molecule has 0 bridgehead atoms. The second-order valence-corrected chi connectivity index (χ2v) is 9.93. The maximum absolute atomic E-state index is 12.9. The summed E-state index contributed by atoms with van der Waals surface area (Å²) in [5, 5.41) is 11.2. The first-order valence-electron chi connectivity index (χ1n) is 10.5. The van der Waals surface area contributed by atoms with Crippen molar-refractivity contribution in [2.75, 3.05) is 7.11 Å². The molecule has 0 aromatic heterocycles. The minimum Gasteiger partial charge on any atom is -0.493 e. The number of rotatable bonds is 8. The van der Waals surface area contributed by atoms with Gasteiger partial charge in [-0.3, -0.25) is 24.6 Å². The summed E-state index contributed by atoms with van der Waals surface area (Å²) in [6.45, 7) is 0.232. The van der Waals surface area contributed by atoms with E-state index in [0.29, 0.717) is 32.1 Å². The highest BCUT2D eigenvalue weighted by Gasteiger charge is 2.35. The summed E-state index contributed by atoms with van der Waals surface area (Å²) in [5.41, 5.74) is 2.01. The summed E-state index contributed by atoms with van der Waals surface area (Å²) in [4.78, 5) is 37.4. The van der Waals surface area contributed by atoms with E-state index in [9.17, 15) is 19.7 Å². The standard InChI is InChI=1S/C25H18BrClN2O6S/c1-34-21-11-17(10-20(26)23(21)35-14-16-3-2-4-19(9-16)29(32)33)12-22-24(30)28(25(31)36-22)13-15-5-7-18(27)8-6-15/h2-12H,13-14H2,1H3/b22-12+. The monoisotopic (exact) mass is 588 g/mol. The molecule has 8 nitrogen and oxygen atoms in total. The first-order chi connectivity index (χ1) is 17.2. The molecule has 1 heterocycles. The molecule has 36 heavy (non-hydrogen) atoms. The van der Waals surface area contributed by atoms with E-state index in [0.717, 1.165) is 17.3 Å². The molecular weight excluding hydrogens is 572 g/mol. The van der Waals surface area contributed by atoms with Crippen LogP contribution >= 0.6 is 39.3 Å². The molecule has 1 aliphatic rings. The van der Waals surface area contributed by atoms with Crippen LogP contribution in [0.1, 0.15) is 16.7 Å². The van der Waals surface area contributed by atoms with Gasteiger partial charge in [0.25, 0.3) is 16.8 Å². The molecule has 0 saturated carbocycles. The van der Waals surface area contributed by atoms with Gasteiger partial charge < -0.3 is 9.47 Å². The number of ether oxygens (including phenoxy) is 2. The highest BCUT2D eigenvalue weighted by atomic mass is 79.9. The van der Waals surface area contributed by atoms with Crippen molar-refractivity contribution in [2.24, 2.45) is 0 Å². The molecule has 3 aromatic rings. The lowest BCUT2D eigenvalue weighted by molar-refractivity contribution is -0.384. The Bertz CT molecular complexity index is 1380. The van der Waals surface area contributed by atoms with E-state index in [4.69, 9.17) is 21.1 Å². The fraction of sp³-hybridized carbons (Fsp3) is 0.120. The maximum atomic E-state index is 12.9. The van der Waals surface area contributed by atoms with Crippen LogP contribution in [0.3, 0.4) is 0 Å². The van der Waals surface area contributed by atoms with Gasteiger partial charge in [0.2, 0.25) is 0 Å². The second-order valence-electron chi connectivity index (χ2n) is 7.64. The van der Waals surface area contributed by atoms with Crippen LogP contribution in [0, 0.1) is 10.1 Å².